The second-order valence-corrected chi connectivity index (χ2v) is 20.3. The highest BCUT2D eigenvalue weighted by Crippen LogP contribution is 2.76. The molecule has 0 aromatic heterocycles. The summed E-state index contributed by atoms with van der Waals surface area (Å²) >= 11 is 0. The number of rotatable bonds is 8. The fourth-order valence-electron chi connectivity index (χ4n) is 16.1. The van der Waals surface area contributed by atoms with Crippen LogP contribution in [0.25, 0.3) is 0 Å². The molecule has 17 atom stereocenters. The average Bonchev–Trinajstić information content (AvgIpc) is 3.89. The number of benzene rings is 1. The van der Waals surface area contributed by atoms with Crippen LogP contribution in [-0.4, -0.2) is 91.1 Å². The summed E-state index contributed by atoms with van der Waals surface area (Å²) in [6, 6.07) is 7.66. The van der Waals surface area contributed by atoms with Crippen LogP contribution in [-0.2, 0) is 27.4 Å². The SMILES string of the molecule is CN[C@H](Cc1ccccc1CO)[C@H]1C[C@H]2C[C@]3(O)[C@@]4(O)[C@H](O)[C@H]5C[C@@H]([C@@H](C)C6CCCC6)CC[C@@H]6[C@@H](O)CC[C@@](C=O)([C@H]4CC[C@@]3(C)[C@H]2C2=CC(=O)O[C@H]21)[C@]56O. The van der Waals surface area contributed by atoms with E-state index in [2.05, 4.69) is 12.2 Å². The lowest BCUT2D eigenvalue weighted by Gasteiger charge is -2.72. The van der Waals surface area contributed by atoms with E-state index in [0.717, 1.165) is 42.2 Å². The fourth-order valence-corrected chi connectivity index (χ4v) is 16.1. The highest BCUT2D eigenvalue weighted by molar-refractivity contribution is 5.86. The number of hydrogen-bond donors (Lipinski definition) is 7. The first kappa shape index (κ1) is 39.3. The summed E-state index contributed by atoms with van der Waals surface area (Å²) in [6.45, 7) is 4.21. The number of aliphatic hydroxyl groups is 6. The van der Waals surface area contributed by atoms with Crippen LogP contribution in [0.5, 0.6) is 0 Å². The van der Waals surface area contributed by atoms with Crippen molar-refractivity contribution in [3.63, 3.8) is 0 Å². The minimum atomic E-state index is -2.13. The van der Waals surface area contributed by atoms with Gasteiger partial charge in [-0.25, -0.2) is 4.79 Å². The molecule has 308 valence electrons. The third kappa shape index (κ3) is 4.99. The minimum Gasteiger partial charge on any atom is -0.454 e. The second-order valence-electron chi connectivity index (χ2n) is 20.3. The van der Waals surface area contributed by atoms with Crippen molar-refractivity contribution in [3.05, 3.63) is 47.0 Å². The molecule has 1 aromatic carbocycles. The minimum absolute atomic E-state index is 0.0860. The fraction of sp³-hybridized carbons (Fsp3) is 0.783. The van der Waals surface area contributed by atoms with E-state index >= 15 is 0 Å². The summed E-state index contributed by atoms with van der Waals surface area (Å²) in [6.07, 6.45) is 8.59. The van der Waals surface area contributed by atoms with Crippen molar-refractivity contribution in [2.24, 2.45) is 64.1 Å². The molecule has 9 rings (SSSR count). The Balaban J connectivity index is 1.13. The number of aliphatic hydroxyl groups excluding tert-OH is 3. The number of ether oxygens (including phenoxy) is 1. The molecule has 1 aliphatic heterocycles. The third-order valence-electron chi connectivity index (χ3n) is 18.8. The van der Waals surface area contributed by atoms with Gasteiger partial charge in [0, 0.05) is 41.2 Å². The number of carbonyl (C=O) groups excluding carboxylic acids is 2. The zero-order chi connectivity index (χ0) is 39.6. The van der Waals surface area contributed by atoms with Gasteiger partial charge >= 0.3 is 5.97 Å². The van der Waals surface area contributed by atoms with Gasteiger partial charge in [-0.2, -0.15) is 0 Å². The molecule has 0 amide bonds. The molecule has 56 heavy (non-hydrogen) atoms. The smallest absolute Gasteiger partial charge is 0.331 e. The van der Waals surface area contributed by atoms with Crippen molar-refractivity contribution < 1.29 is 45.0 Å². The lowest BCUT2D eigenvalue weighted by molar-refractivity contribution is -0.373. The van der Waals surface area contributed by atoms with E-state index in [1.807, 2.05) is 38.2 Å². The average molecular weight is 776 g/mol. The Kier molecular flexibility index (Phi) is 9.60. The van der Waals surface area contributed by atoms with Crippen LogP contribution >= 0.6 is 0 Å². The maximum atomic E-state index is 14.0. The number of carbonyl (C=O) groups is 2. The molecule has 0 unspecified atom stereocenters. The zero-order valence-electron chi connectivity index (χ0n) is 33.5. The lowest BCUT2D eigenvalue weighted by Crippen LogP contribution is -2.85. The van der Waals surface area contributed by atoms with Gasteiger partial charge in [-0.05, 0) is 118 Å². The van der Waals surface area contributed by atoms with Crippen LogP contribution in [0, 0.1) is 64.1 Å². The van der Waals surface area contributed by atoms with Crippen LogP contribution in [0.15, 0.2) is 35.9 Å². The van der Waals surface area contributed by atoms with Crippen molar-refractivity contribution in [2.75, 3.05) is 7.05 Å². The summed E-state index contributed by atoms with van der Waals surface area (Å²) in [5.41, 5.74) is -5.48. The quantitative estimate of drug-likeness (QED) is 0.151. The van der Waals surface area contributed by atoms with Gasteiger partial charge in [0.1, 0.15) is 23.6 Å². The Labute approximate surface area is 331 Å². The third-order valence-corrected chi connectivity index (χ3v) is 18.8. The van der Waals surface area contributed by atoms with Crippen LogP contribution in [0.2, 0.25) is 0 Å². The Morgan fingerprint density at radius 3 is 2.36 bits per heavy atom. The predicted octanol–water partition coefficient (Wildman–Crippen LogP) is 4.00. The van der Waals surface area contributed by atoms with Gasteiger partial charge in [-0.3, -0.25) is 0 Å². The normalized spacial score (nSPS) is 49.3. The molecule has 0 saturated heterocycles. The van der Waals surface area contributed by atoms with Crippen molar-refractivity contribution in [1.82, 2.24) is 5.32 Å². The number of hydrogen-bond acceptors (Lipinski definition) is 10. The molecule has 0 bridgehead atoms. The Hall–Kier alpha value is -2.18. The van der Waals surface area contributed by atoms with Gasteiger partial charge in [0.25, 0.3) is 0 Å². The van der Waals surface area contributed by atoms with Gasteiger partial charge in [0.05, 0.1) is 29.8 Å². The summed E-state index contributed by atoms with van der Waals surface area (Å²) in [4.78, 5) is 27.2. The molecule has 1 aromatic rings. The number of nitrogens with one attached hydrogen (secondary N) is 1. The van der Waals surface area contributed by atoms with E-state index in [9.17, 15) is 40.2 Å². The molecule has 7 saturated carbocycles. The molecule has 0 radical (unpaired) electrons. The maximum Gasteiger partial charge on any atom is 0.331 e. The van der Waals surface area contributed by atoms with Crippen molar-refractivity contribution in [2.45, 2.75) is 152 Å². The highest BCUT2D eigenvalue weighted by atomic mass is 16.5. The number of fused-ring (bicyclic) bond motifs is 8. The van der Waals surface area contributed by atoms with E-state index in [0.29, 0.717) is 56.8 Å². The first-order chi connectivity index (χ1) is 26.7. The lowest BCUT2D eigenvalue weighted by atomic mass is 9.35. The number of likely N-dealkylation sites (N-methyl/N-ethyl adjacent to an activating group) is 1. The number of esters is 1. The highest BCUT2D eigenvalue weighted by Gasteiger charge is 2.84. The van der Waals surface area contributed by atoms with Gasteiger partial charge in [-0.1, -0.05) is 63.8 Å². The van der Waals surface area contributed by atoms with Gasteiger partial charge in [0.2, 0.25) is 0 Å². The second kappa shape index (κ2) is 13.7. The molecule has 8 aliphatic rings. The molecule has 0 spiro atoms. The Morgan fingerprint density at radius 2 is 1.66 bits per heavy atom. The zero-order valence-corrected chi connectivity index (χ0v) is 33.5. The summed E-state index contributed by atoms with van der Waals surface area (Å²) in [5, 5.41) is 79.1. The van der Waals surface area contributed by atoms with E-state index in [1.54, 1.807) is 6.08 Å². The van der Waals surface area contributed by atoms with Crippen molar-refractivity contribution in [1.29, 1.82) is 0 Å². The molecular formula is C46H65NO9. The summed E-state index contributed by atoms with van der Waals surface area (Å²) < 4.78 is 6.13. The van der Waals surface area contributed by atoms with E-state index in [4.69, 9.17) is 4.74 Å². The Bertz CT molecular complexity index is 1750. The van der Waals surface area contributed by atoms with Gasteiger partial charge in [-0.15, -0.1) is 0 Å². The van der Waals surface area contributed by atoms with Crippen LogP contribution in [0.4, 0.5) is 0 Å². The van der Waals surface area contributed by atoms with Gasteiger partial charge in [0.15, 0.2) is 0 Å². The molecule has 7 fully saturated rings. The maximum absolute atomic E-state index is 14.0. The van der Waals surface area contributed by atoms with Crippen molar-refractivity contribution >= 4 is 12.3 Å². The molecule has 10 heteroatoms. The standard InChI is InChI=1S/C46H65NO9/c1-25(26-8-4-5-9-26)27-12-13-33-36(50)14-17-43(24-49)37-15-16-42(2)39-30(22-44(42,53)46(37,55)41(52)34(19-27)45(33,43)54)18-31(40-32(39)21-38(51)56-40)35(47-3)20-28-10-6-7-11-29(28)23-48/h6-7,10-11,21,24-27,30-31,33-37,39-41,47-48,50,52-55H,4-5,8-9,12-20,22-23H2,1-3H3/t25-,27-,30-,31+,33+,34+,35+,36-,37+,39+,40-,41+,42-,43+,44+,45+,46-/m0/s1. The van der Waals surface area contributed by atoms with Gasteiger partial charge < -0.3 is 45.5 Å². The number of aldehydes is 1. The molecule has 7 N–H and O–H groups in total. The molecule has 1 heterocycles. The predicted molar refractivity (Wildman–Crippen MR) is 207 cm³/mol. The van der Waals surface area contributed by atoms with Crippen LogP contribution < -0.4 is 5.32 Å². The van der Waals surface area contributed by atoms with Crippen LogP contribution in [0.3, 0.4) is 0 Å². The molecular weight excluding hydrogens is 711 g/mol. The van der Waals surface area contributed by atoms with E-state index < -0.39 is 69.7 Å². The topological polar surface area (TPSA) is 177 Å². The van der Waals surface area contributed by atoms with E-state index in [1.165, 1.54) is 12.8 Å². The van der Waals surface area contributed by atoms with Crippen LogP contribution in [0.1, 0.15) is 108 Å². The van der Waals surface area contributed by atoms with E-state index in [-0.39, 0.29) is 49.2 Å². The molecule has 10 nitrogen and oxygen atoms in total. The summed E-state index contributed by atoms with van der Waals surface area (Å²) in [5.74, 6) is -2.53. The van der Waals surface area contributed by atoms with Crippen molar-refractivity contribution in [3.8, 4) is 0 Å². The first-order valence-corrected chi connectivity index (χ1v) is 22.0. The Morgan fingerprint density at radius 1 is 0.929 bits per heavy atom. The monoisotopic (exact) mass is 775 g/mol. The molecule has 7 aliphatic carbocycles. The largest absolute Gasteiger partial charge is 0.454 e. The summed E-state index contributed by atoms with van der Waals surface area (Å²) in [7, 11) is 1.90. The first-order valence-electron chi connectivity index (χ1n) is 22.0.